The van der Waals surface area contributed by atoms with Gasteiger partial charge in [-0.1, -0.05) is 107 Å². The van der Waals surface area contributed by atoms with Crippen LogP contribution in [0.2, 0.25) is 0 Å². The zero-order chi connectivity index (χ0) is 22.6. The highest BCUT2D eigenvalue weighted by Crippen LogP contribution is 2.32. The van der Waals surface area contributed by atoms with Gasteiger partial charge in [0.05, 0.1) is 6.04 Å². The van der Waals surface area contributed by atoms with Crippen LogP contribution in [-0.2, 0) is 16.2 Å². The van der Waals surface area contributed by atoms with Crippen LogP contribution >= 0.6 is 11.8 Å². The number of hydroxylamine groups is 2. The molecule has 2 amide bonds. The van der Waals surface area contributed by atoms with Crippen LogP contribution in [0.4, 0.5) is 4.79 Å². The van der Waals surface area contributed by atoms with Crippen LogP contribution in [0.3, 0.4) is 0 Å². The summed E-state index contributed by atoms with van der Waals surface area (Å²) in [6.07, 6.45) is 14.6. The van der Waals surface area contributed by atoms with Gasteiger partial charge >= 0.3 is 6.03 Å². The second-order valence-corrected chi connectivity index (χ2v) is 10.2. The molecule has 2 bridgehead atoms. The van der Waals surface area contributed by atoms with E-state index in [0.29, 0.717) is 13.2 Å². The Morgan fingerprint density at radius 1 is 0.969 bits per heavy atom. The molecule has 6 heteroatoms. The lowest BCUT2D eigenvalue weighted by Crippen LogP contribution is -2.44. The number of amides is 2. The Hall–Kier alpha value is -1.53. The molecule has 2 fully saturated rings. The van der Waals surface area contributed by atoms with Gasteiger partial charge in [-0.25, -0.2) is 4.79 Å². The average Bonchev–Trinajstić information content (AvgIpc) is 3.06. The van der Waals surface area contributed by atoms with E-state index in [0.717, 1.165) is 30.6 Å². The summed E-state index contributed by atoms with van der Waals surface area (Å²) in [5.74, 6) is 0.867. The van der Waals surface area contributed by atoms with E-state index < -0.39 is 0 Å². The lowest BCUT2D eigenvalue weighted by Gasteiger charge is -2.28. The van der Waals surface area contributed by atoms with Crippen molar-refractivity contribution in [3.05, 3.63) is 35.9 Å². The van der Waals surface area contributed by atoms with Crippen molar-refractivity contribution in [1.29, 1.82) is 0 Å². The predicted octanol–water partition coefficient (Wildman–Crippen LogP) is 6.57. The van der Waals surface area contributed by atoms with Gasteiger partial charge in [-0.05, 0) is 24.8 Å². The van der Waals surface area contributed by atoms with Crippen molar-refractivity contribution in [2.75, 3.05) is 12.3 Å². The number of unbranched alkanes of at least 4 members (excludes halogenated alkanes) is 9. The van der Waals surface area contributed by atoms with Crippen LogP contribution in [0.15, 0.2) is 30.3 Å². The van der Waals surface area contributed by atoms with E-state index in [2.05, 4.69) is 6.92 Å². The van der Waals surface area contributed by atoms with E-state index in [-0.39, 0.29) is 23.2 Å². The van der Waals surface area contributed by atoms with E-state index in [1.807, 2.05) is 30.3 Å². The van der Waals surface area contributed by atoms with Gasteiger partial charge in [0.25, 0.3) is 0 Å². The van der Waals surface area contributed by atoms with Gasteiger partial charge in [-0.3, -0.25) is 9.63 Å². The van der Waals surface area contributed by atoms with E-state index in [9.17, 15) is 9.59 Å². The molecule has 3 rings (SSSR count). The molecule has 0 radical (unpaired) electrons. The smallest absolute Gasteiger partial charge is 0.310 e. The molecule has 2 aliphatic rings. The molecule has 0 N–H and O–H groups in total. The second-order valence-electron chi connectivity index (χ2n) is 9.12. The molecule has 2 aliphatic heterocycles. The quantitative estimate of drug-likeness (QED) is 0.278. The molecule has 1 aromatic rings. The standard InChI is InChI=1S/C26H40N2O3S/c1-2-3-4-5-6-7-8-9-10-14-19-32-25(29)24-18-17-23-20-27(24)26(30)28(23)31-21-22-15-12-11-13-16-22/h11-13,15-16,23-24H,2-10,14,17-21H2,1H3/t23-,24+/m1/s1. The molecule has 0 unspecified atom stereocenters. The Bertz CT molecular complexity index is 700. The van der Waals surface area contributed by atoms with Crippen LogP contribution in [0.1, 0.15) is 89.5 Å². The number of hydrogen-bond donors (Lipinski definition) is 0. The second kappa shape index (κ2) is 13.9. The zero-order valence-electron chi connectivity index (χ0n) is 19.7. The van der Waals surface area contributed by atoms with Crippen molar-refractivity contribution in [2.45, 2.75) is 103 Å². The van der Waals surface area contributed by atoms with Crippen molar-refractivity contribution in [3.8, 4) is 0 Å². The third kappa shape index (κ3) is 7.51. The normalized spacial score (nSPS) is 20.2. The largest absolute Gasteiger partial charge is 0.344 e. The summed E-state index contributed by atoms with van der Waals surface area (Å²) in [5, 5.41) is 1.66. The highest BCUT2D eigenvalue weighted by atomic mass is 32.2. The summed E-state index contributed by atoms with van der Waals surface area (Å²) in [6.45, 7) is 3.24. The summed E-state index contributed by atoms with van der Waals surface area (Å²) < 4.78 is 0. The number of thioether (sulfide) groups is 1. The van der Waals surface area contributed by atoms with E-state index in [1.165, 1.54) is 74.6 Å². The number of urea groups is 1. The van der Waals surface area contributed by atoms with E-state index in [1.54, 1.807) is 4.90 Å². The van der Waals surface area contributed by atoms with Gasteiger partial charge in [0, 0.05) is 12.3 Å². The number of carbonyl (C=O) groups is 2. The fourth-order valence-corrected chi connectivity index (χ4v) is 5.61. The fourth-order valence-electron chi connectivity index (χ4n) is 4.62. The third-order valence-corrected chi connectivity index (χ3v) is 7.60. The summed E-state index contributed by atoms with van der Waals surface area (Å²) in [5.41, 5.74) is 1.04. The van der Waals surface area contributed by atoms with Crippen molar-refractivity contribution >= 4 is 22.9 Å². The molecular weight excluding hydrogens is 420 g/mol. The maximum absolute atomic E-state index is 12.8. The van der Waals surface area contributed by atoms with E-state index >= 15 is 0 Å². The number of rotatable bonds is 15. The molecule has 0 spiro atoms. The fraction of sp³-hybridized carbons (Fsp3) is 0.692. The molecule has 2 atom stereocenters. The Kier molecular flexibility index (Phi) is 10.9. The number of carbonyl (C=O) groups excluding carboxylic acids is 2. The number of piperidine rings is 1. The minimum atomic E-state index is -0.294. The summed E-state index contributed by atoms with van der Waals surface area (Å²) >= 11 is 1.42. The van der Waals surface area contributed by atoms with Crippen molar-refractivity contribution in [1.82, 2.24) is 9.96 Å². The molecule has 1 aromatic carbocycles. The number of fused-ring (bicyclic) bond motifs is 2. The van der Waals surface area contributed by atoms with Crippen molar-refractivity contribution < 1.29 is 14.4 Å². The lowest BCUT2D eigenvalue weighted by molar-refractivity contribution is -0.140. The first-order valence-electron chi connectivity index (χ1n) is 12.6. The predicted molar refractivity (Wildman–Crippen MR) is 131 cm³/mol. The molecular formula is C26H40N2O3S. The number of nitrogens with zero attached hydrogens (tertiary/aromatic N) is 2. The van der Waals surface area contributed by atoms with Gasteiger partial charge in [0.15, 0.2) is 0 Å². The Balaban J connectivity index is 1.29. The molecule has 2 saturated heterocycles. The molecule has 178 valence electrons. The molecule has 32 heavy (non-hydrogen) atoms. The van der Waals surface area contributed by atoms with Gasteiger partial charge < -0.3 is 4.90 Å². The Morgan fingerprint density at radius 3 is 2.31 bits per heavy atom. The lowest BCUT2D eigenvalue weighted by atomic mass is 10.0. The maximum atomic E-state index is 12.8. The monoisotopic (exact) mass is 460 g/mol. The first kappa shape index (κ1) is 25.1. The van der Waals surface area contributed by atoms with Crippen LogP contribution in [-0.4, -0.2) is 45.5 Å². The van der Waals surface area contributed by atoms with Gasteiger partial charge in [0.2, 0.25) is 5.12 Å². The first-order valence-corrected chi connectivity index (χ1v) is 13.6. The van der Waals surface area contributed by atoms with E-state index in [4.69, 9.17) is 4.84 Å². The Morgan fingerprint density at radius 2 is 1.62 bits per heavy atom. The van der Waals surface area contributed by atoms with Crippen LogP contribution in [0.5, 0.6) is 0 Å². The van der Waals surface area contributed by atoms with Gasteiger partial charge in [-0.15, -0.1) is 0 Å². The molecule has 5 nitrogen and oxygen atoms in total. The molecule has 0 saturated carbocycles. The SMILES string of the molecule is CCCCCCCCCCCCSC(=O)[C@@H]1CC[C@@H]2CN1C(=O)N2OCc1ccccc1. The van der Waals surface area contributed by atoms with Crippen molar-refractivity contribution in [3.63, 3.8) is 0 Å². The van der Waals surface area contributed by atoms with Gasteiger partial charge in [-0.2, -0.15) is 5.06 Å². The van der Waals surface area contributed by atoms with Crippen LogP contribution < -0.4 is 0 Å². The van der Waals surface area contributed by atoms with Gasteiger partial charge in [0.1, 0.15) is 12.6 Å². The van der Waals surface area contributed by atoms with Crippen LogP contribution in [0.25, 0.3) is 0 Å². The Labute approximate surface area is 198 Å². The summed E-state index contributed by atoms with van der Waals surface area (Å²) in [7, 11) is 0. The average molecular weight is 461 g/mol. The zero-order valence-corrected chi connectivity index (χ0v) is 20.5. The van der Waals surface area contributed by atoms with Crippen LogP contribution in [0, 0.1) is 0 Å². The topological polar surface area (TPSA) is 49.9 Å². The first-order chi connectivity index (χ1) is 15.7. The molecule has 0 aliphatic carbocycles. The molecule has 0 aromatic heterocycles. The highest BCUT2D eigenvalue weighted by molar-refractivity contribution is 8.13. The summed E-state index contributed by atoms with van der Waals surface area (Å²) in [6, 6.07) is 9.49. The number of hydrogen-bond acceptors (Lipinski definition) is 4. The maximum Gasteiger partial charge on any atom is 0.344 e. The van der Waals surface area contributed by atoms with Crippen molar-refractivity contribution in [2.24, 2.45) is 0 Å². The number of benzene rings is 1. The minimum Gasteiger partial charge on any atom is -0.310 e. The third-order valence-electron chi connectivity index (χ3n) is 6.55. The minimum absolute atomic E-state index is 0.0576. The molecule has 2 heterocycles. The summed E-state index contributed by atoms with van der Waals surface area (Å²) in [4.78, 5) is 33.2. The highest BCUT2D eigenvalue weighted by Gasteiger charge is 2.47.